The van der Waals surface area contributed by atoms with Crippen molar-refractivity contribution < 1.29 is 14.3 Å². The van der Waals surface area contributed by atoms with Crippen LogP contribution in [0, 0.1) is 0 Å². The summed E-state index contributed by atoms with van der Waals surface area (Å²) in [7, 11) is 0. The molecule has 0 radical (unpaired) electrons. The lowest BCUT2D eigenvalue weighted by Gasteiger charge is -2.35. The van der Waals surface area contributed by atoms with Crippen LogP contribution in [-0.2, 0) is 4.74 Å². The third kappa shape index (κ3) is 4.61. The first-order valence-corrected chi connectivity index (χ1v) is 8.69. The number of morpholine rings is 1. The van der Waals surface area contributed by atoms with Crippen molar-refractivity contribution in [2.45, 2.75) is 26.1 Å². The van der Waals surface area contributed by atoms with Crippen molar-refractivity contribution in [3.8, 4) is 0 Å². The summed E-state index contributed by atoms with van der Waals surface area (Å²) >= 11 is 0. The van der Waals surface area contributed by atoms with Gasteiger partial charge in [-0.15, -0.1) is 0 Å². The molecule has 136 valence electrons. The Bertz CT molecular complexity index is 752. The number of nitrogens with one attached hydrogen (secondary N) is 2. The highest BCUT2D eigenvalue weighted by molar-refractivity contribution is 6.04. The van der Waals surface area contributed by atoms with Gasteiger partial charge in [0.05, 0.1) is 12.2 Å². The monoisotopic (exact) mass is 353 g/mol. The summed E-state index contributed by atoms with van der Waals surface area (Å²) in [5.74, 6) is -0.190. The van der Waals surface area contributed by atoms with Gasteiger partial charge in [-0.1, -0.05) is 18.2 Å². The van der Waals surface area contributed by atoms with Crippen molar-refractivity contribution >= 4 is 23.3 Å². The summed E-state index contributed by atoms with van der Waals surface area (Å²) in [5, 5.41) is 5.70. The van der Waals surface area contributed by atoms with Crippen LogP contribution in [0.1, 0.15) is 24.2 Å². The number of hydrogen-bond donors (Lipinski definition) is 2. The molecule has 2 aromatic carbocycles. The number of benzene rings is 2. The van der Waals surface area contributed by atoms with Crippen LogP contribution in [0.4, 0.5) is 16.2 Å². The van der Waals surface area contributed by atoms with E-state index in [9.17, 15) is 9.59 Å². The number of carbonyl (C=O) groups excluding carboxylic acids is 2. The van der Waals surface area contributed by atoms with Gasteiger partial charge < -0.3 is 20.3 Å². The SMILES string of the molecule is CC1CN(C(=O)Nc2ccc(C(=O)Nc3ccccc3)cc2)CC(C)O1. The number of hydrogen-bond acceptors (Lipinski definition) is 3. The van der Waals surface area contributed by atoms with Crippen LogP contribution in [0.25, 0.3) is 0 Å². The van der Waals surface area contributed by atoms with Crippen molar-refractivity contribution in [3.63, 3.8) is 0 Å². The number of nitrogens with zero attached hydrogens (tertiary/aromatic N) is 1. The fourth-order valence-electron chi connectivity index (χ4n) is 2.98. The maximum atomic E-state index is 12.4. The Morgan fingerprint density at radius 1 is 0.885 bits per heavy atom. The molecule has 2 N–H and O–H groups in total. The number of anilines is 2. The van der Waals surface area contributed by atoms with Gasteiger partial charge in [0.15, 0.2) is 0 Å². The first kappa shape index (κ1) is 17.9. The Morgan fingerprint density at radius 2 is 1.46 bits per heavy atom. The molecule has 3 rings (SSSR count). The topological polar surface area (TPSA) is 70.7 Å². The number of carbonyl (C=O) groups is 2. The highest BCUT2D eigenvalue weighted by Crippen LogP contribution is 2.15. The van der Waals surface area contributed by atoms with Gasteiger partial charge in [0, 0.05) is 30.0 Å². The van der Waals surface area contributed by atoms with E-state index in [1.54, 1.807) is 29.2 Å². The highest BCUT2D eigenvalue weighted by Gasteiger charge is 2.25. The van der Waals surface area contributed by atoms with Gasteiger partial charge in [0.25, 0.3) is 5.91 Å². The van der Waals surface area contributed by atoms with E-state index in [1.165, 1.54) is 0 Å². The van der Waals surface area contributed by atoms with E-state index in [-0.39, 0.29) is 24.1 Å². The quantitative estimate of drug-likeness (QED) is 0.886. The molecule has 6 heteroatoms. The van der Waals surface area contributed by atoms with Gasteiger partial charge >= 0.3 is 6.03 Å². The van der Waals surface area contributed by atoms with Crippen molar-refractivity contribution in [2.75, 3.05) is 23.7 Å². The van der Waals surface area contributed by atoms with E-state index in [4.69, 9.17) is 4.74 Å². The van der Waals surface area contributed by atoms with E-state index < -0.39 is 0 Å². The molecule has 2 aromatic rings. The number of rotatable bonds is 3. The molecule has 0 spiro atoms. The minimum Gasteiger partial charge on any atom is -0.372 e. The zero-order valence-electron chi connectivity index (χ0n) is 14.9. The Hall–Kier alpha value is -2.86. The molecule has 1 heterocycles. The van der Waals surface area contributed by atoms with Crippen molar-refractivity contribution in [3.05, 3.63) is 60.2 Å². The van der Waals surface area contributed by atoms with Crippen molar-refractivity contribution in [1.82, 2.24) is 4.90 Å². The Kier molecular flexibility index (Phi) is 5.53. The molecular formula is C20H23N3O3. The molecule has 1 aliphatic heterocycles. The summed E-state index contributed by atoms with van der Waals surface area (Å²) in [5.41, 5.74) is 1.92. The standard InChI is InChI=1S/C20H23N3O3/c1-14-12-23(13-15(2)26-14)20(25)22-18-10-8-16(9-11-18)19(24)21-17-6-4-3-5-7-17/h3-11,14-15H,12-13H2,1-2H3,(H,21,24)(H,22,25). The lowest BCUT2D eigenvalue weighted by Crippen LogP contribution is -2.49. The number of urea groups is 1. The molecule has 26 heavy (non-hydrogen) atoms. The zero-order chi connectivity index (χ0) is 18.5. The number of amides is 3. The summed E-state index contributed by atoms with van der Waals surface area (Å²) in [6, 6.07) is 16.0. The largest absolute Gasteiger partial charge is 0.372 e. The van der Waals surface area contributed by atoms with Crippen LogP contribution in [-0.4, -0.2) is 42.1 Å². The minimum atomic E-state index is -0.190. The Labute approximate surface area is 153 Å². The van der Waals surface area contributed by atoms with Crippen molar-refractivity contribution in [1.29, 1.82) is 0 Å². The second kappa shape index (κ2) is 8.01. The molecule has 0 saturated carbocycles. The summed E-state index contributed by atoms with van der Waals surface area (Å²) in [4.78, 5) is 26.4. The number of ether oxygens (including phenoxy) is 1. The lowest BCUT2D eigenvalue weighted by atomic mass is 10.2. The lowest BCUT2D eigenvalue weighted by molar-refractivity contribution is -0.0530. The molecule has 6 nitrogen and oxygen atoms in total. The Morgan fingerprint density at radius 3 is 2.08 bits per heavy atom. The molecule has 0 aliphatic carbocycles. The van der Waals surface area contributed by atoms with Gasteiger partial charge in [-0.2, -0.15) is 0 Å². The van der Waals surface area contributed by atoms with Crippen LogP contribution in [0.3, 0.4) is 0 Å². The molecule has 0 aromatic heterocycles. The van der Waals surface area contributed by atoms with Gasteiger partial charge in [0.2, 0.25) is 0 Å². The van der Waals surface area contributed by atoms with Crippen LogP contribution < -0.4 is 10.6 Å². The van der Waals surface area contributed by atoms with Crippen LogP contribution in [0.2, 0.25) is 0 Å². The molecular weight excluding hydrogens is 330 g/mol. The average molecular weight is 353 g/mol. The van der Waals surface area contributed by atoms with Gasteiger partial charge in [-0.3, -0.25) is 4.79 Å². The third-order valence-electron chi connectivity index (χ3n) is 4.14. The zero-order valence-corrected chi connectivity index (χ0v) is 14.9. The molecule has 1 aliphatic rings. The van der Waals surface area contributed by atoms with Gasteiger partial charge in [-0.05, 0) is 50.2 Å². The maximum absolute atomic E-state index is 12.4. The van der Waals surface area contributed by atoms with Crippen LogP contribution in [0.15, 0.2) is 54.6 Å². The molecule has 2 atom stereocenters. The minimum absolute atomic E-state index is 0.0218. The molecule has 1 saturated heterocycles. The van der Waals surface area contributed by atoms with E-state index in [0.717, 1.165) is 5.69 Å². The first-order chi connectivity index (χ1) is 12.5. The highest BCUT2D eigenvalue weighted by atomic mass is 16.5. The van der Waals surface area contributed by atoms with Crippen molar-refractivity contribution in [2.24, 2.45) is 0 Å². The molecule has 0 bridgehead atoms. The summed E-state index contributed by atoms with van der Waals surface area (Å²) in [6.07, 6.45) is 0.0436. The van der Waals surface area contributed by atoms with Crippen LogP contribution in [0.5, 0.6) is 0 Å². The summed E-state index contributed by atoms with van der Waals surface area (Å²) < 4.78 is 5.64. The Balaban J connectivity index is 1.59. The van der Waals surface area contributed by atoms with Gasteiger partial charge in [-0.25, -0.2) is 4.79 Å². The van der Waals surface area contributed by atoms with E-state index >= 15 is 0 Å². The summed E-state index contributed by atoms with van der Waals surface area (Å²) in [6.45, 7) is 5.04. The fourth-order valence-corrected chi connectivity index (χ4v) is 2.98. The van der Waals surface area contributed by atoms with E-state index in [2.05, 4.69) is 10.6 Å². The third-order valence-corrected chi connectivity index (χ3v) is 4.14. The first-order valence-electron chi connectivity index (χ1n) is 8.69. The molecule has 1 fully saturated rings. The predicted molar refractivity (Wildman–Crippen MR) is 101 cm³/mol. The fraction of sp³-hybridized carbons (Fsp3) is 0.300. The molecule has 2 unspecified atom stereocenters. The average Bonchev–Trinajstić information content (AvgIpc) is 2.62. The smallest absolute Gasteiger partial charge is 0.322 e. The predicted octanol–water partition coefficient (Wildman–Crippen LogP) is 3.58. The van der Waals surface area contributed by atoms with E-state index in [0.29, 0.717) is 24.3 Å². The maximum Gasteiger partial charge on any atom is 0.322 e. The van der Waals surface area contributed by atoms with E-state index in [1.807, 2.05) is 44.2 Å². The number of para-hydroxylation sites is 1. The van der Waals surface area contributed by atoms with Gasteiger partial charge in [0.1, 0.15) is 0 Å². The normalized spacial score (nSPS) is 19.7. The molecule has 3 amide bonds. The van der Waals surface area contributed by atoms with Crippen LogP contribution >= 0.6 is 0 Å². The second-order valence-electron chi connectivity index (χ2n) is 6.49. The second-order valence-corrected chi connectivity index (χ2v) is 6.49.